The molecular formula is C20H31N3O4. The standard InChI is InChI=1S/C20H31N3O4/c1-5-26-16-9-14-7-8-23(12-15(14)10-17(16)27-6-2)18(24)11-22-20(25)19(21)13(3)4/h9-10,13,19H,5-8,11-12,21H2,1-4H3,(H,22,25)/t19-/m0/s1. The summed E-state index contributed by atoms with van der Waals surface area (Å²) in [4.78, 5) is 26.2. The molecule has 0 bridgehead atoms. The molecule has 1 atom stereocenters. The van der Waals surface area contributed by atoms with Crippen molar-refractivity contribution in [2.45, 2.75) is 46.7 Å². The van der Waals surface area contributed by atoms with Crippen molar-refractivity contribution in [3.63, 3.8) is 0 Å². The Balaban J connectivity index is 2.03. The van der Waals surface area contributed by atoms with Gasteiger partial charge in [-0.3, -0.25) is 9.59 Å². The van der Waals surface area contributed by atoms with E-state index in [0.717, 1.165) is 23.3 Å². The molecule has 1 aliphatic rings. The SMILES string of the molecule is CCOc1cc2c(cc1OCC)CN(C(=O)CNC(=O)[C@@H](N)C(C)C)CC2. The highest BCUT2D eigenvalue weighted by atomic mass is 16.5. The Morgan fingerprint density at radius 2 is 1.74 bits per heavy atom. The van der Waals surface area contributed by atoms with Gasteiger partial charge < -0.3 is 25.4 Å². The van der Waals surface area contributed by atoms with E-state index in [-0.39, 0.29) is 24.3 Å². The van der Waals surface area contributed by atoms with Crippen molar-refractivity contribution in [1.82, 2.24) is 10.2 Å². The highest BCUT2D eigenvalue weighted by molar-refractivity contribution is 5.87. The average molecular weight is 377 g/mol. The van der Waals surface area contributed by atoms with Crippen LogP contribution in [0.25, 0.3) is 0 Å². The van der Waals surface area contributed by atoms with Crippen LogP contribution in [0.3, 0.4) is 0 Å². The van der Waals surface area contributed by atoms with Gasteiger partial charge in [0.15, 0.2) is 11.5 Å². The predicted octanol–water partition coefficient (Wildman–Crippen LogP) is 1.47. The molecular weight excluding hydrogens is 346 g/mol. The molecule has 0 saturated heterocycles. The zero-order valence-electron chi connectivity index (χ0n) is 16.7. The van der Waals surface area contributed by atoms with E-state index in [1.807, 2.05) is 39.8 Å². The number of nitrogens with one attached hydrogen (secondary N) is 1. The Bertz CT molecular complexity index is 675. The van der Waals surface area contributed by atoms with Gasteiger partial charge in [0.2, 0.25) is 11.8 Å². The van der Waals surface area contributed by atoms with Gasteiger partial charge in [0.05, 0.1) is 25.8 Å². The van der Waals surface area contributed by atoms with E-state index in [1.165, 1.54) is 0 Å². The average Bonchev–Trinajstić information content (AvgIpc) is 2.65. The molecule has 2 rings (SSSR count). The Morgan fingerprint density at radius 1 is 1.15 bits per heavy atom. The fourth-order valence-corrected chi connectivity index (χ4v) is 3.01. The number of carbonyl (C=O) groups is 2. The summed E-state index contributed by atoms with van der Waals surface area (Å²) in [6, 6.07) is 3.36. The lowest BCUT2D eigenvalue weighted by Gasteiger charge is -2.30. The van der Waals surface area contributed by atoms with E-state index in [9.17, 15) is 9.59 Å². The number of hydrogen-bond acceptors (Lipinski definition) is 5. The number of benzene rings is 1. The molecule has 0 aromatic heterocycles. The van der Waals surface area contributed by atoms with Crippen LogP contribution in [0, 0.1) is 5.92 Å². The number of rotatable bonds is 8. The molecule has 0 radical (unpaired) electrons. The van der Waals surface area contributed by atoms with Crippen LogP contribution in [0.5, 0.6) is 11.5 Å². The maximum absolute atomic E-state index is 12.5. The van der Waals surface area contributed by atoms with Crippen LogP contribution in [0.2, 0.25) is 0 Å². The fraction of sp³-hybridized carbons (Fsp3) is 0.600. The zero-order chi connectivity index (χ0) is 20.0. The normalized spacial score (nSPS) is 14.5. The number of nitrogens with zero attached hydrogens (tertiary/aromatic N) is 1. The molecule has 0 fully saturated rings. The minimum absolute atomic E-state index is 0.0264. The lowest BCUT2D eigenvalue weighted by molar-refractivity contribution is -0.134. The molecule has 0 spiro atoms. The van der Waals surface area contributed by atoms with Crippen molar-refractivity contribution >= 4 is 11.8 Å². The van der Waals surface area contributed by atoms with Crippen molar-refractivity contribution in [2.75, 3.05) is 26.3 Å². The van der Waals surface area contributed by atoms with Crippen molar-refractivity contribution in [1.29, 1.82) is 0 Å². The molecule has 7 nitrogen and oxygen atoms in total. The second kappa shape index (κ2) is 9.60. The van der Waals surface area contributed by atoms with Gasteiger partial charge in [0, 0.05) is 13.1 Å². The number of hydrogen-bond donors (Lipinski definition) is 2. The lowest BCUT2D eigenvalue weighted by Crippen LogP contribution is -2.48. The molecule has 1 aliphatic heterocycles. The third-order valence-electron chi connectivity index (χ3n) is 4.67. The number of carbonyl (C=O) groups excluding carboxylic acids is 2. The summed E-state index contributed by atoms with van der Waals surface area (Å²) in [6.07, 6.45) is 0.743. The van der Waals surface area contributed by atoms with Crippen molar-refractivity contribution < 1.29 is 19.1 Å². The van der Waals surface area contributed by atoms with Crippen LogP contribution >= 0.6 is 0 Å². The van der Waals surface area contributed by atoms with Gasteiger partial charge in [0.1, 0.15) is 0 Å². The van der Waals surface area contributed by atoms with Gasteiger partial charge in [-0.2, -0.15) is 0 Å². The van der Waals surface area contributed by atoms with Gasteiger partial charge in [-0.25, -0.2) is 0 Å². The Kier molecular flexibility index (Phi) is 7.47. The second-order valence-electron chi connectivity index (χ2n) is 6.99. The topological polar surface area (TPSA) is 93.9 Å². The summed E-state index contributed by atoms with van der Waals surface area (Å²) in [7, 11) is 0. The van der Waals surface area contributed by atoms with Gasteiger partial charge in [-0.1, -0.05) is 13.8 Å². The zero-order valence-corrected chi connectivity index (χ0v) is 16.7. The highest BCUT2D eigenvalue weighted by Gasteiger charge is 2.24. The van der Waals surface area contributed by atoms with Crippen LogP contribution in [-0.2, 0) is 22.6 Å². The van der Waals surface area contributed by atoms with Gasteiger partial charge >= 0.3 is 0 Å². The van der Waals surface area contributed by atoms with Crippen LogP contribution in [0.1, 0.15) is 38.8 Å². The quantitative estimate of drug-likeness (QED) is 0.715. The lowest BCUT2D eigenvalue weighted by atomic mass is 9.98. The van der Waals surface area contributed by atoms with Gasteiger partial charge in [-0.05, 0) is 49.4 Å². The maximum Gasteiger partial charge on any atom is 0.242 e. The molecule has 3 N–H and O–H groups in total. The van der Waals surface area contributed by atoms with Gasteiger partial charge in [0.25, 0.3) is 0 Å². The van der Waals surface area contributed by atoms with E-state index in [0.29, 0.717) is 32.1 Å². The van der Waals surface area contributed by atoms with Crippen molar-refractivity contribution in [3.8, 4) is 11.5 Å². The first-order valence-electron chi connectivity index (χ1n) is 9.59. The van der Waals surface area contributed by atoms with E-state index in [1.54, 1.807) is 4.90 Å². The minimum atomic E-state index is -0.606. The number of nitrogens with two attached hydrogens (primary N) is 1. The van der Waals surface area contributed by atoms with Crippen LogP contribution in [-0.4, -0.2) is 49.1 Å². The summed E-state index contributed by atoms with van der Waals surface area (Å²) in [5.74, 6) is 1.06. The minimum Gasteiger partial charge on any atom is -0.490 e. The van der Waals surface area contributed by atoms with Crippen molar-refractivity contribution in [2.24, 2.45) is 11.7 Å². The van der Waals surface area contributed by atoms with E-state index in [2.05, 4.69) is 5.32 Å². The highest BCUT2D eigenvalue weighted by Crippen LogP contribution is 2.33. The predicted molar refractivity (Wildman–Crippen MR) is 104 cm³/mol. The molecule has 1 aromatic rings. The first-order valence-corrected chi connectivity index (χ1v) is 9.59. The Labute approximate surface area is 161 Å². The van der Waals surface area contributed by atoms with E-state index in [4.69, 9.17) is 15.2 Å². The van der Waals surface area contributed by atoms with E-state index < -0.39 is 6.04 Å². The first kappa shape index (κ1) is 21.0. The molecule has 0 saturated carbocycles. The maximum atomic E-state index is 12.5. The molecule has 7 heteroatoms. The number of fused-ring (bicyclic) bond motifs is 1. The summed E-state index contributed by atoms with van der Waals surface area (Å²) in [5, 5.41) is 2.64. The molecule has 2 amide bonds. The third kappa shape index (κ3) is 5.35. The molecule has 1 heterocycles. The van der Waals surface area contributed by atoms with Crippen LogP contribution < -0.4 is 20.5 Å². The molecule has 0 unspecified atom stereocenters. The van der Waals surface area contributed by atoms with Crippen molar-refractivity contribution in [3.05, 3.63) is 23.3 Å². The fourth-order valence-electron chi connectivity index (χ4n) is 3.01. The third-order valence-corrected chi connectivity index (χ3v) is 4.67. The molecule has 1 aromatic carbocycles. The summed E-state index contributed by atoms with van der Waals surface area (Å²) in [6.45, 7) is 9.80. The summed E-state index contributed by atoms with van der Waals surface area (Å²) < 4.78 is 11.4. The number of amides is 2. The summed E-state index contributed by atoms with van der Waals surface area (Å²) in [5.41, 5.74) is 8.02. The first-order chi connectivity index (χ1) is 12.9. The molecule has 27 heavy (non-hydrogen) atoms. The van der Waals surface area contributed by atoms with E-state index >= 15 is 0 Å². The monoisotopic (exact) mass is 377 g/mol. The van der Waals surface area contributed by atoms with Crippen LogP contribution in [0.15, 0.2) is 12.1 Å². The summed E-state index contributed by atoms with van der Waals surface area (Å²) >= 11 is 0. The Hall–Kier alpha value is -2.28. The molecule has 0 aliphatic carbocycles. The second-order valence-corrected chi connectivity index (χ2v) is 6.99. The smallest absolute Gasteiger partial charge is 0.242 e. The number of ether oxygens (including phenoxy) is 2. The largest absolute Gasteiger partial charge is 0.490 e. The van der Waals surface area contributed by atoms with Crippen LogP contribution in [0.4, 0.5) is 0 Å². The Morgan fingerprint density at radius 3 is 2.30 bits per heavy atom. The molecule has 150 valence electrons. The van der Waals surface area contributed by atoms with Gasteiger partial charge in [-0.15, -0.1) is 0 Å².